The van der Waals surface area contributed by atoms with E-state index in [2.05, 4.69) is 89.7 Å². The van der Waals surface area contributed by atoms with E-state index in [0.717, 1.165) is 48.1 Å². The molecule has 7 heteroatoms. The summed E-state index contributed by atoms with van der Waals surface area (Å²) in [4.78, 5) is 16.8. The van der Waals surface area contributed by atoms with Crippen LogP contribution in [0.3, 0.4) is 0 Å². The average molecular weight is 833 g/mol. The normalized spacial score (nSPS) is 14.3. The van der Waals surface area contributed by atoms with Gasteiger partial charge >= 0.3 is 0 Å². The number of furan rings is 1. The number of carbonyl (C=O) groups is 1. The van der Waals surface area contributed by atoms with Crippen LogP contribution in [0.15, 0.2) is 52.8 Å². The molecular formula is C39H54IrNO3Si2-. The van der Waals surface area contributed by atoms with Gasteiger partial charge in [-0.3, -0.25) is 4.79 Å². The fraction of sp³-hybridized carbons (Fsp3) is 0.487. The summed E-state index contributed by atoms with van der Waals surface area (Å²) in [5.74, 6) is 0.547. The number of hydrogen-bond acceptors (Lipinski definition) is 4. The van der Waals surface area contributed by atoms with Crippen LogP contribution >= 0.6 is 0 Å². The predicted molar refractivity (Wildman–Crippen MR) is 198 cm³/mol. The van der Waals surface area contributed by atoms with Crippen molar-refractivity contribution in [3.8, 4) is 11.3 Å². The van der Waals surface area contributed by atoms with Crippen LogP contribution in [0.25, 0.3) is 33.2 Å². The third-order valence-corrected chi connectivity index (χ3v) is 13.8. The molecule has 0 spiro atoms. The van der Waals surface area contributed by atoms with Gasteiger partial charge in [0.15, 0.2) is 5.78 Å². The number of fused-ring (bicyclic) bond motifs is 2. The molecule has 4 nitrogen and oxygen atoms in total. The van der Waals surface area contributed by atoms with Crippen LogP contribution in [0, 0.1) is 17.9 Å². The fourth-order valence-corrected chi connectivity index (χ4v) is 9.53. The van der Waals surface area contributed by atoms with E-state index in [9.17, 15) is 9.90 Å². The van der Waals surface area contributed by atoms with Gasteiger partial charge < -0.3 is 14.5 Å². The molecule has 0 atom stereocenters. The number of aliphatic hydroxyl groups excluding tert-OH is 1. The number of aliphatic hydroxyl groups is 1. The third kappa shape index (κ3) is 7.08. The van der Waals surface area contributed by atoms with Crippen molar-refractivity contribution in [3.63, 3.8) is 0 Å². The minimum Gasteiger partial charge on any atom is -0.512 e. The van der Waals surface area contributed by atoms with Crippen LogP contribution < -0.4 is 10.4 Å². The summed E-state index contributed by atoms with van der Waals surface area (Å²) in [5.41, 5.74) is 6.77. The first-order valence-electron chi connectivity index (χ1n) is 16.9. The van der Waals surface area contributed by atoms with Gasteiger partial charge in [-0.05, 0) is 52.7 Å². The number of benzene rings is 2. The summed E-state index contributed by atoms with van der Waals surface area (Å²) < 4.78 is 6.85. The first-order chi connectivity index (χ1) is 21.0. The molecule has 1 N–H and O–H groups in total. The zero-order chi connectivity index (χ0) is 33.5. The van der Waals surface area contributed by atoms with Gasteiger partial charge in [0.2, 0.25) is 0 Å². The minimum atomic E-state index is -1.64. The van der Waals surface area contributed by atoms with Crippen molar-refractivity contribution in [1.29, 1.82) is 0 Å². The standard InChI is InChI=1S/C26H30NOSi2.C13H24O2.Ir/c1-26(2)17-12-10-9-11-16(17)23-22-21-18(26)13-14-19(29(3,4)5)24(21)28-25(22)20(15-27-23)30(6,7)8;1-5-10(6-2)12(14)9-13(15)11(7-3)8-4;/h9-10,12-15H,1-8H3;9-11,14H,5-8H2,1-4H3;/q-1;;/b;12-9-;. The number of ketones is 1. The zero-order valence-corrected chi connectivity index (χ0v) is 34.5. The molecule has 0 aliphatic heterocycles. The maximum absolute atomic E-state index is 11.7. The van der Waals surface area contributed by atoms with Crippen molar-refractivity contribution in [3.05, 3.63) is 65.6 Å². The largest absolute Gasteiger partial charge is 0.512 e. The van der Waals surface area contributed by atoms with E-state index in [4.69, 9.17) is 9.40 Å². The summed E-state index contributed by atoms with van der Waals surface area (Å²) in [6, 6.07) is 14.6. The molecule has 0 saturated heterocycles. The second kappa shape index (κ2) is 14.4. The Kier molecular flexibility index (Phi) is 12.0. The molecule has 1 radical (unpaired) electrons. The molecule has 1 aliphatic carbocycles. The smallest absolute Gasteiger partial charge is 0.162 e. The van der Waals surface area contributed by atoms with Crippen LogP contribution in [0.4, 0.5) is 0 Å². The van der Waals surface area contributed by atoms with Crippen molar-refractivity contribution >= 4 is 54.2 Å². The van der Waals surface area contributed by atoms with Crippen molar-refractivity contribution in [2.45, 2.75) is 112 Å². The Hall–Kier alpha value is -2.32. The number of nitrogens with zero attached hydrogens (tertiary/aromatic N) is 1. The Balaban J connectivity index is 0.000000309. The van der Waals surface area contributed by atoms with Crippen molar-refractivity contribution in [1.82, 2.24) is 4.98 Å². The molecule has 0 unspecified atom stereocenters. The van der Waals surface area contributed by atoms with E-state index in [1.165, 1.54) is 38.3 Å². The van der Waals surface area contributed by atoms with Gasteiger partial charge in [0.1, 0.15) is 11.2 Å². The Bertz CT molecular complexity index is 1730. The fourth-order valence-electron chi connectivity index (χ4n) is 6.78. The minimum absolute atomic E-state index is 0. The Morgan fingerprint density at radius 1 is 0.870 bits per heavy atom. The van der Waals surface area contributed by atoms with Gasteiger partial charge in [-0.25, -0.2) is 0 Å². The Labute approximate surface area is 292 Å². The molecule has 251 valence electrons. The van der Waals surface area contributed by atoms with Crippen LogP contribution in [-0.2, 0) is 30.3 Å². The summed E-state index contributed by atoms with van der Waals surface area (Å²) in [6.07, 6.45) is 6.99. The molecule has 2 aromatic heterocycles. The molecule has 0 fully saturated rings. The van der Waals surface area contributed by atoms with Crippen LogP contribution in [0.2, 0.25) is 39.3 Å². The topological polar surface area (TPSA) is 63.3 Å². The first kappa shape index (κ1) is 38.1. The quantitative estimate of drug-likeness (QED) is 0.0790. The van der Waals surface area contributed by atoms with E-state index < -0.39 is 16.1 Å². The maximum atomic E-state index is 11.7. The molecule has 0 bridgehead atoms. The Morgan fingerprint density at radius 2 is 1.43 bits per heavy atom. The number of allylic oxidation sites excluding steroid dienone is 2. The Morgan fingerprint density at radius 3 is 1.98 bits per heavy atom. The molecule has 4 aromatic rings. The van der Waals surface area contributed by atoms with Gasteiger partial charge in [0.25, 0.3) is 0 Å². The SMILES string of the molecule is CC1(C)c2ccc[c-]c2-c2ncc([Si](C)(C)C)c3oc4c([Si](C)(C)C)ccc1c4c23.CCC(CC)C(=O)/C=C(\O)C(CC)CC.[Ir]. The van der Waals surface area contributed by atoms with Gasteiger partial charge in [-0.2, -0.15) is 0 Å². The van der Waals surface area contributed by atoms with Crippen LogP contribution in [0.1, 0.15) is 78.4 Å². The molecule has 5 rings (SSSR count). The van der Waals surface area contributed by atoms with E-state index in [1.807, 2.05) is 33.8 Å². The summed E-state index contributed by atoms with van der Waals surface area (Å²) in [5, 5.41) is 14.9. The summed E-state index contributed by atoms with van der Waals surface area (Å²) >= 11 is 0. The second-order valence-electron chi connectivity index (χ2n) is 15.3. The van der Waals surface area contributed by atoms with Crippen LogP contribution in [0.5, 0.6) is 0 Å². The van der Waals surface area contributed by atoms with Gasteiger partial charge in [-0.15, -0.1) is 35.4 Å². The van der Waals surface area contributed by atoms with Crippen molar-refractivity contribution in [2.75, 3.05) is 0 Å². The summed E-state index contributed by atoms with van der Waals surface area (Å²) in [6.45, 7) is 27.1. The van der Waals surface area contributed by atoms with E-state index >= 15 is 0 Å². The second-order valence-corrected chi connectivity index (χ2v) is 25.4. The average Bonchev–Trinajstić information content (AvgIpc) is 3.33. The first-order valence-corrected chi connectivity index (χ1v) is 23.9. The zero-order valence-electron chi connectivity index (χ0n) is 30.1. The predicted octanol–water partition coefficient (Wildman–Crippen LogP) is 10.0. The number of hydrogen-bond donors (Lipinski definition) is 1. The number of rotatable bonds is 9. The molecular weight excluding hydrogens is 779 g/mol. The molecule has 0 amide bonds. The van der Waals surface area contributed by atoms with E-state index in [1.54, 1.807) is 0 Å². The van der Waals surface area contributed by atoms with Crippen molar-refractivity contribution < 1.29 is 34.4 Å². The van der Waals surface area contributed by atoms with E-state index in [-0.39, 0.29) is 48.9 Å². The number of aromatic nitrogens is 1. The third-order valence-electron chi connectivity index (χ3n) is 9.78. The van der Waals surface area contributed by atoms with Crippen molar-refractivity contribution in [2.24, 2.45) is 11.8 Å². The maximum Gasteiger partial charge on any atom is 0.162 e. The van der Waals surface area contributed by atoms with E-state index in [0.29, 0.717) is 0 Å². The molecule has 46 heavy (non-hydrogen) atoms. The van der Waals surface area contributed by atoms with Gasteiger partial charge in [-0.1, -0.05) is 93.0 Å². The molecule has 1 aliphatic rings. The monoisotopic (exact) mass is 833 g/mol. The number of pyridine rings is 1. The van der Waals surface area contributed by atoms with Gasteiger partial charge in [0.05, 0.1) is 21.9 Å². The van der Waals surface area contributed by atoms with Crippen LogP contribution in [-0.4, -0.2) is 32.0 Å². The summed E-state index contributed by atoms with van der Waals surface area (Å²) in [7, 11) is -3.23. The molecule has 2 aromatic carbocycles. The molecule has 0 saturated carbocycles. The van der Waals surface area contributed by atoms with Gasteiger partial charge in [0, 0.05) is 55.0 Å². The number of carbonyl (C=O) groups excluding carboxylic acids is 1. The molecule has 2 heterocycles.